The van der Waals surface area contributed by atoms with E-state index in [9.17, 15) is 0 Å². The molecule has 0 bridgehead atoms. The molecule has 0 aromatic rings. The fourth-order valence-corrected chi connectivity index (χ4v) is 2.85. The van der Waals surface area contributed by atoms with E-state index in [1.807, 2.05) is 0 Å². The van der Waals surface area contributed by atoms with Crippen LogP contribution in [0.2, 0.25) is 0 Å². The summed E-state index contributed by atoms with van der Waals surface area (Å²) in [5.41, 5.74) is 0. The number of hydrogen-bond acceptors (Lipinski definition) is 1. The quantitative estimate of drug-likeness (QED) is 0.648. The highest BCUT2D eigenvalue weighted by atomic mass is 16.5. The number of hydrogen-bond donors (Lipinski definition) is 0. The topological polar surface area (TPSA) is 9.23 Å². The van der Waals surface area contributed by atoms with Crippen LogP contribution >= 0.6 is 0 Å². The maximum absolute atomic E-state index is 5.79. The maximum Gasteiger partial charge on any atom is 0.0580 e. The van der Waals surface area contributed by atoms with Crippen molar-refractivity contribution < 1.29 is 4.74 Å². The van der Waals surface area contributed by atoms with Gasteiger partial charge in [-0.2, -0.15) is 0 Å². The van der Waals surface area contributed by atoms with Gasteiger partial charge in [-0.3, -0.25) is 0 Å². The van der Waals surface area contributed by atoms with E-state index in [4.69, 9.17) is 4.74 Å². The molecule has 3 unspecified atom stereocenters. The molecule has 1 nitrogen and oxygen atoms in total. The minimum Gasteiger partial charge on any atom is -0.378 e. The highest BCUT2D eigenvalue weighted by Crippen LogP contribution is 2.35. The third-order valence-electron chi connectivity index (χ3n) is 3.54. The van der Waals surface area contributed by atoms with Crippen LogP contribution in [0.25, 0.3) is 0 Å². The molecule has 1 saturated carbocycles. The van der Waals surface area contributed by atoms with E-state index in [-0.39, 0.29) is 0 Å². The van der Waals surface area contributed by atoms with Crippen LogP contribution in [0.15, 0.2) is 0 Å². The zero-order chi connectivity index (χ0) is 10.4. The van der Waals surface area contributed by atoms with Gasteiger partial charge in [0, 0.05) is 6.61 Å². The van der Waals surface area contributed by atoms with E-state index < -0.39 is 0 Å². The molecule has 1 aliphatic carbocycles. The Kier molecular flexibility index (Phi) is 5.54. The van der Waals surface area contributed by atoms with Gasteiger partial charge in [0.1, 0.15) is 0 Å². The van der Waals surface area contributed by atoms with Crippen molar-refractivity contribution in [2.75, 3.05) is 6.61 Å². The van der Waals surface area contributed by atoms with E-state index >= 15 is 0 Å². The Hall–Kier alpha value is -0.0400. The smallest absolute Gasteiger partial charge is 0.0580 e. The lowest BCUT2D eigenvalue weighted by molar-refractivity contribution is -0.000417. The summed E-state index contributed by atoms with van der Waals surface area (Å²) in [7, 11) is 0. The van der Waals surface area contributed by atoms with Gasteiger partial charge in [0.05, 0.1) is 6.10 Å². The highest BCUT2D eigenvalue weighted by molar-refractivity contribution is 4.78. The summed E-state index contributed by atoms with van der Waals surface area (Å²) >= 11 is 0. The van der Waals surface area contributed by atoms with Crippen molar-refractivity contribution in [1.29, 1.82) is 0 Å². The molecular formula is C13H26O. The summed E-state index contributed by atoms with van der Waals surface area (Å²) in [6, 6.07) is 0. The van der Waals surface area contributed by atoms with Gasteiger partial charge in [-0.15, -0.1) is 0 Å². The van der Waals surface area contributed by atoms with Crippen LogP contribution in [0.4, 0.5) is 0 Å². The number of ether oxygens (including phenoxy) is 1. The molecule has 0 saturated heterocycles. The average molecular weight is 198 g/mol. The lowest BCUT2D eigenvalue weighted by Gasteiger charge is -2.34. The minimum atomic E-state index is 0.565. The Labute approximate surface area is 89.2 Å². The largest absolute Gasteiger partial charge is 0.378 e. The van der Waals surface area contributed by atoms with Crippen molar-refractivity contribution in [3.05, 3.63) is 0 Å². The first-order valence-electron chi connectivity index (χ1n) is 6.41. The summed E-state index contributed by atoms with van der Waals surface area (Å²) in [5, 5.41) is 0. The molecular weight excluding hydrogens is 172 g/mol. The van der Waals surface area contributed by atoms with Gasteiger partial charge in [-0.1, -0.05) is 33.1 Å². The predicted octanol–water partition coefficient (Wildman–Crippen LogP) is 4.02. The standard InChI is InChI=1S/C13H26O/c1-4-7-12-8-11(5-2)9-13(10-12)14-6-3/h11-13H,4-10H2,1-3H3. The van der Waals surface area contributed by atoms with Crippen LogP contribution < -0.4 is 0 Å². The molecule has 0 heterocycles. The summed E-state index contributed by atoms with van der Waals surface area (Å²) in [6.45, 7) is 7.62. The monoisotopic (exact) mass is 198 g/mol. The van der Waals surface area contributed by atoms with Crippen LogP contribution in [-0.2, 0) is 4.74 Å². The van der Waals surface area contributed by atoms with Crippen molar-refractivity contribution in [2.24, 2.45) is 11.8 Å². The third-order valence-corrected chi connectivity index (χ3v) is 3.54. The van der Waals surface area contributed by atoms with Gasteiger partial charge in [0.15, 0.2) is 0 Å². The zero-order valence-electron chi connectivity index (χ0n) is 10.1. The predicted molar refractivity (Wildman–Crippen MR) is 61.4 cm³/mol. The van der Waals surface area contributed by atoms with Crippen molar-refractivity contribution in [3.8, 4) is 0 Å². The van der Waals surface area contributed by atoms with E-state index in [2.05, 4.69) is 20.8 Å². The minimum absolute atomic E-state index is 0.565. The Bertz CT molecular complexity index is 130. The second-order valence-corrected chi connectivity index (χ2v) is 4.71. The molecule has 0 aromatic heterocycles. The summed E-state index contributed by atoms with van der Waals surface area (Å²) < 4.78 is 5.79. The number of rotatable bonds is 5. The van der Waals surface area contributed by atoms with Crippen LogP contribution in [0, 0.1) is 11.8 Å². The Morgan fingerprint density at radius 1 is 1.00 bits per heavy atom. The molecule has 1 aliphatic rings. The van der Waals surface area contributed by atoms with Crippen molar-refractivity contribution in [2.45, 2.75) is 65.4 Å². The van der Waals surface area contributed by atoms with Crippen LogP contribution in [-0.4, -0.2) is 12.7 Å². The lowest BCUT2D eigenvalue weighted by atomic mass is 9.77. The van der Waals surface area contributed by atoms with Crippen molar-refractivity contribution in [3.63, 3.8) is 0 Å². The fourth-order valence-electron chi connectivity index (χ4n) is 2.85. The molecule has 1 fully saturated rings. The molecule has 84 valence electrons. The molecule has 0 radical (unpaired) electrons. The fraction of sp³-hybridized carbons (Fsp3) is 1.00. The van der Waals surface area contributed by atoms with Crippen LogP contribution in [0.3, 0.4) is 0 Å². The van der Waals surface area contributed by atoms with Gasteiger partial charge in [0.25, 0.3) is 0 Å². The van der Waals surface area contributed by atoms with Gasteiger partial charge >= 0.3 is 0 Å². The van der Waals surface area contributed by atoms with Crippen LogP contribution in [0.1, 0.15) is 59.3 Å². The SMILES string of the molecule is CCCC1CC(CC)CC(OCC)C1. The third kappa shape index (κ3) is 3.61. The molecule has 1 rings (SSSR count). The Morgan fingerprint density at radius 3 is 2.29 bits per heavy atom. The first kappa shape index (κ1) is 12.0. The summed E-state index contributed by atoms with van der Waals surface area (Å²) in [4.78, 5) is 0. The van der Waals surface area contributed by atoms with Crippen LogP contribution in [0.5, 0.6) is 0 Å². The van der Waals surface area contributed by atoms with Gasteiger partial charge in [-0.25, -0.2) is 0 Å². The van der Waals surface area contributed by atoms with Gasteiger partial charge < -0.3 is 4.74 Å². The second-order valence-electron chi connectivity index (χ2n) is 4.71. The normalized spacial score (nSPS) is 33.2. The molecule has 0 aromatic carbocycles. The Morgan fingerprint density at radius 2 is 1.71 bits per heavy atom. The van der Waals surface area contributed by atoms with Gasteiger partial charge in [0.2, 0.25) is 0 Å². The Balaban J connectivity index is 2.39. The molecule has 0 N–H and O–H groups in total. The molecule has 0 amide bonds. The molecule has 0 spiro atoms. The lowest BCUT2D eigenvalue weighted by Crippen LogP contribution is -2.28. The van der Waals surface area contributed by atoms with E-state index in [0.717, 1.165) is 18.4 Å². The first-order valence-corrected chi connectivity index (χ1v) is 6.41. The van der Waals surface area contributed by atoms with Crippen molar-refractivity contribution >= 4 is 0 Å². The van der Waals surface area contributed by atoms with Crippen molar-refractivity contribution in [1.82, 2.24) is 0 Å². The summed E-state index contributed by atoms with van der Waals surface area (Å²) in [5.74, 6) is 1.87. The molecule has 14 heavy (non-hydrogen) atoms. The van der Waals surface area contributed by atoms with E-state index in [1.165, 1.54) is 38.5 Å². The first-order chi connectivity index (χ1) is 6.80. The molecule has 1 heteroatoms. The summed E-state index contributed by atoms with van der Waals surface area (Å²) in [6.07, 6.45) is 8.72. The second kappa shape index (κ2) is 6.44. The van der Waals surface area contributed by atoms with Gasteiger partial charge in [-0.05, 0) is 38.0 Å². The zero-order valence-corrected chi connectivity index (χ0v) is 10.1. The average Bonchev–Trinajstić information content (AvgIpc) is 2.18. The highest BCUT2D eigenvalue weighted by Gasteiger charge is 2.27. The van der Waals surface area contributed by atoms with E-state index in [1.54, 1.807) is 0 Å². The van der Waals surface area contributed by atoms with E-state index in [0.29, 0.717) is 6.10 Å². The molecule has 3 atom stereocenters. The molecule has 0 aliphatic heterocycles. The maximum atomic E-state index is 5.79.